The van der Waals surface area contributed by atoms with Crippen molar-refractivity contribution >= 4 is 29.2 Å². The van der Waals surface area contributed by atoms with E-state index in [2.05, 4.69) is 30.1 Å². The molecule has 0 saturated carbocycles. The minimum atomic E-state index is -2.00. The molecule has 0 radical (unpaired) electrons. The second-order valence-electron chi connectivity index (χ2n) is 8.91. The molecular weight excluding hydrogens is 500 g/mol. The largest absolute Gasteiger partial charge is 0.479 e. The molecule has 38 heavy (non-hydrogen) atoms. The molecule has 7 nitrogen and oxygen atoms in total. The third-order valence-corrected chi connectivity index (χ3v) is 6.78. The number of aliphatic hydroxyl groups is 1. The molecule has 4 aromatic rings. The van der Waals surface area contributed by atoms with Crippen LogP contribution in [0.1, 0.15) is 21.6 Å². The van der Waals surface area contributed by atoms with Gasteiger partial charge in [0.2, 0.25) is 12.4 Å². The predicted octanol–water partition coefficient (Wildman–Crippen LogP) is 5.34. The Morgan fingerprint density at radius 3 is 2.11 bits per heavy atom. The summed E-state index contributed by atoms with van der Waals surface area (Å²) in [6.07, 6.45) is 2.84. The summed E-state index contributed by atoms with van der Waals surface area (Å²) in [6.45, 7) is 1.27. The third kappa shape index (κ3) is 6.47. The first-order chi connectivity index (χ1) is 18.4. The normalized spacial score (nSPS) is 12.4. The van der Waals surface area contributed by atoms with Gasteiger partial charge in [0.1, 0.15) is 0 Å². The lowest BCUT2D eigenvalue weighted by Crippen LogP contribution is -2.36. The highest BCUT2D eigenvalue weighted by atomic mass is 32.1. The molecule has 0 fully saturated rings. The topological polar surface area (TPSA) is 91.6 Å². The summed E-state index contributed by atoms with van der Waals surface area (Å²) in [6, 6.07) is 24.8. The average molecular weight is 531 g/mol. The van der Waals surface area contributed by atoms with Gasteiger partial charge in [0, 0.05) is 23.7 Å². The first-order valence-corrected chi connectivity index (χ1v) is 13.0. The van der Waals surface area contributed by atoms with E-state index in [0.717, 1.165) is 35.0 Å². The van der Waals surface area contributed by atoms with Gasteiger partial charge in [0.25, 0.3) is 0 Å². The van der Waals surface area contributed by atoms with Crippen molar-refractivity contribution in [2.24, 2.45) is 4.99 Å². The van der Waals surface area contributed by atoms with E-state index in [0.29, 0.717) is 17.9 Å². The summed E-state index contributed by atoms with van der Waals surface area (Å²) in [5, 5.41) is 21.8. The monoisotopic (exact) mass is 530 g/mol. The van der Waals surface area contributed by atoms with Crippen molar-refractivity contribution in [2.45, 2.75) is 12.0 Å². The first-order valence-electron chi connectivity index (χ1n) is 12.1. The number of rotatable bonds is 8. The summed E-state index contributed by atoms with van der Waals surface area (Å²) in [5.41, 5.74) is 0.829. The summed E-state index contributed by atoms with van der Waals surface area (Å²) in [4.78, 5) is 19.3. The van der Waals surface area contributed by atoms with Gasteiger partial charge in [-0.15, -0.1) is 11.3 Å². The quantitative estimate of drug-likeness (QED) is 0.299. The number of carboxylic acids is 1. The van der Waals surface area contributed by atoms with E-state index in [-0.39, 0.29) is 0 Å². The van der Waals surface area contributed by atoms with E-state index >= 15 is 0 Å². The van der Waals surface area contributed by atoms with Crippen LogP contribution in [0.4, 0.5) is 5.69 Å². The van der Waals surface area contributed by atoms with E-state index in [1.165, 1.54) is 5.56 Å². The third-order valence-electron chi connectivity index (χ3n) is 5.97. The molecule has 1 aliphatic heterocycles. The highest BCUT2D eigenvalue weighted by Crippen LogP contribution is 2.38. The lowest BCUT2D eigenvalue weighted by atomic mass is 9.86. The van der Waals surface area contributed by atoms with Crippen molar-refractivity contribution in [3.63, 3.8) is 0 Å². The lowest BCUT2D eigenvalue weighted by Gasteiger charge is -2.24. The Morgan fingerprint density at radius 2 is 1.58 bits per heavy atom. The van der Waals surface area contributed by atoms with Crippen LogP contribution in [0, 0.1) is 0 Å². The molecule has 8 heteroatoms. The molecule has 1 aromatic heterocycles. The number of ether oxygens (including phenoxy) is 2. The first kappa shape index (κ1) is 27.1. The van der Waals surface area contributed by atoms with Gasteiger partial charge in [-0.3, -0.25) is 4.99 Å². The highest BCUT2D eigenvalue weighted by molar-refractivity contribution is 7.11. The highest BCUT2D eigenvalue weighted by Gasteiger charge is 2.39. The van der Waals surface area contributed by atoms with Crippen molar-refractivity contribution in [3.05, 3.63) is 112 Å². The molecule has 0 unspecified atom stereocenters. The Labute approximate surface area is 226 Å². The van der Waals surface area contributed by atoms with Gasteiger partial charge < -0.3 is 24.6 Å². The van der Waals surface area contributed by atoms with Crippen LogP contribution >= 0.6 is 11.3 Å². The van der Waals surface area contributed by atoms with Gasteiger partial charge in [-0.1, -0.05) is 66.7 Å². The van der Waals surface area contributed by atoms with Gasteiger partial charge in [-0.05, 0) is 54.7 Å². The molecule has 5 rings (SSSR count). The number of likely N-dealkylation sites (N-methyl/N-ethyl adjacent to an activating group) is 1. The molecule has 196 valence electrons. The maximum Gasteiger partial charge on any atom is 0.345 e. The molecule has 0 bridgehead atoms. The molecule has 0 saturated heterocycles. The maximum atomic E-state index is 11.4. The standard InChI is InChI=1S/C16H18N2O2S.C14H12O3/c1-18(2)6-5-12-8-15-16(20-11-19-15)9-14(12)17-10-13-4-3-7-21-13;15-13(16)14(17,11-7-3-1-4-8-11)12-9-5-2-6-10-12/h3-4,7-10H,5-6,11H2,1-2H3;1-10,17H,(H,15,16). The Hall–Kier alpha value is -3.98. The van der Waals surface area contributed by atoms with E-state index in [4.69, 9.17) is 9.47 Å². The zero-order valence-electron chi connectivity index (χ0n) is 21.3. The van der Waals surface area contributed by atoms with Crippen molar-refractivity contribution in [1.82, 2.24) is 4.90 Å². The summed E-state index contributed by atoms with van der Waals surface area (Å²) in [7, 11) is 4.14. The Morgan fingerprint density at radius 1 is 0.974 bits per heavy atom. The number of benzene rings is 3. The van der Waals surface area contributed by atoms with E-state index in [1.807, 2.05) is 29.8 Å². The summed E-state index contributed by atoms with van der Waals surface area (Å²) in [5.74, 6) is 0.315. The zero-order chi connectivity index (χ0) is 27.0. The van der Waals surface area contributed by atoms with Crippen LogP contribution in [0.15, 0.2) is 95.3 Å². The number of carboxylic acid groups (broad SMARTS) is 1. The second-order valence-corrected chi connectivity index (χ2v) is 9.89. The SMILES string of the molecule is CN(C)CCc1cc2c(cc1N=Cc1cccs1)OCO2.O=C(O)C(O)(c1ccccc1)c1ccccc1. The van der Waals surface area contributed by atoms with Crippen LogP contribution in [0.2, 0.25) is 0 Å². The summed E-state index contributed by atoms with van der Waals surface area (Å²) < 4.78 is 10.9. The van der Waals surface area contributed by atoms with E-state index in [9.17, 15) is 15.0 Å². The molecule has 2 heterocycles. The number of hydrogen-bond donors (Lipinski definition) is 2. The van der Waals surface area contributed by atoms with Crippen LogP contribution in [-0.2, 0) is 16.8 Å². The number of aliphatic carboxylic acids is 1. The summed E-state index contributed by atoms with van der Waals surface area (Å²) >= 11 is 1.68. The Bertz CT molecular complexity index is 1320. The van der Waals surface area contributed by atoms with Gasteiger partial charge in [-0.25, -0.2) is 4.79 Å². The van der Waals surface area contributed by atoms with Crippen LogP contribution in [0.3, 0.4) is 0 Å². The molecule has 0 aliphatic carbocycles. The van der Waals surface area contributed by atoms with Crippen molar-refractivity contribution in [1.29, 1.82) is 0 Å². The van der Waals surface area contributed by atoms with Gasteiger partial charge >= 0.3 is 5.97 Å². The smallest absolute Gasteiger partial charge is 0.345 e. The number of fused-ring (bicyclic) bond motifs is 1. The Balaban J connectivity index is 0.000000181. The minimum absolute atomic E-state index is 0.292. The second kappa shape index (κ2) is 12.5. The van der Waals surface area contributed by atoms with Gasteiger partial charge in [-0.2, -0.15) is 0 Å². The van der Waals surface area contributed by atoms with Gasteiger partial charge in [0.15, 0.2) is 11.5 Å². The van der Waals surface area contributed by atoms with Crippen LogP contribution < -0.4 is 9.47 Å². The number of aliphatic imine (C=N–C) groups is 1. The predicted molar refractivity (Wildman–Crippen MR) is 150 cm³/mol. The molecule has 0 spiro atoms. The maximum absolute atomic E-state index is 11.4. The fraction of sp³-hybridized carbons (Fsp3) is 0.200. The van der Waals surface area contributed by atoms with Crippen molar-refractivity contribution in [2.75, 3.05) is 27.4 Å². The molecular formula is C30H30N2O5S. The zero-order valence-corrected chi connectivity index (χ0v) is 22.1. The number of thiophene rings is 1. The molecule has 0 amide bonds. The molecule has 2 N–H and O–H groups in total. The molecule has 3 aromatic carbocycles. The van der Waals surface area contributed by atoms with Crippen molar-refractivity contribution in [3.8, 4) is 11.5 Å². The fourth-order valence-electron chi connectivity index (χ4n) is 3.91. The van der Waals surface area contributed by atoms with E-state index in [1.54, 1.807) is 72.0 Å². The van der Waals surface area contributed by atoms with Gasteiger partial charge in [0.05, 0.1) is 5.69 Å². The minimum Gasteiger partial charge on any atom is -0.479 e. The number of carbonyl (C=O) groups is 1. The van der Waals surface area contributed by atoms with E-state index < -0.39 is 11.6 Å². The number of hydrogen-bond acceptors (Lipinski definition) is 7. The average Bonchev–Trinajstić information content (AvgIpc) is 3.63. The Kier molecular flexibility index (Phi) is 8.91. The fourth-order valence-corrected chi connectivity index (χ4v) is 4.49. The van der Waals surface area contributed by atoms with Crippen LogP contribution in [-0.4, -0.2) is 54.7 Å². The molecule has 1 aliphatic rings. The molecule has 0 atom stereocenters. The van der Waals surface area contributed by atoms with Crippen LogP contribution in [0.25, 0.3) is 0 Å². The lowest BCUT2D eigenvalue weighted by molar-refractivity contribution is -0.155. The van der Waals surface area contributed by atoms with Crippen LogP contribution in [0.5, 0.6) is 11.5 Å². The van der Waals surface area contributed by atoms with Crippen molar-refractivity contribution < 1.29 is 24.5 Å². The number of nitrogens with zero attached hydrogens (tertiary/aromatic N) is 2.